The van der Waals surface area contributed by atoms with Crippen LogP contribution < -0.4 is 37.5 Å². The second-order valence-electron chi connectivity index (χ2n) is 16.3. The van der Waals surface area contributed by atoms with Gasteiger partial charge in [0.05, 0.1) is 28.5 Å². The highest BCUT2D eigenvalue weighted by Gasteiger charge is 2.47. The zero-order valence-electron chi connectivity index (χ0n) is 35.4. The number of likely N-dealkylation sites (tertiary alicyclic amines) is 1. The number of hydrogen-bond acceptors (Lipinski definition) is 13. The van der Waals surface area contributed by atoms with Gasteiger partial charge in [0.25, 0.3) is 17.4 Å². The number of carbonyl (C=O) groups excluding carboxylic acids is 4. The summed E-state index contributed by atoms with van der Waals surface area (Å²) in [5.74, 6) is -0.0871. The number of imide groups is 1. The molecule has 8 heterocycles. The van der Waals surface area contributed by atoms with Crippen LogP contribution in [-0.2, 0) is 16.6 Å². The standard InChI is InChI=1S/C43H48N14O6/c1-5-54(6-2)50-38(59)27-23-46-57-34(44-3)21-32(48-37(27)57)47-28-9-8-18-55(41(28)62)33-14-12-26(22-45-33)40(61)53-24-43(25-53)16-19-52(20-17-43)29-10-7-11-30-36(29)51(4)42(63)56(30)31-13-15-35(58)49-39(31)60/h7-12,14,18,21-23,31,44H,5-6,13,15-17,19-20,24-25H2,1-4H3,(H,47,48)(H,50,59)(H,49,58,60). The van der Waals surface area contributed by atoms with Gasteiger partial charge in [-0.3, -0.25) is 48.4 Å². The fourth-order valence-electron chi connectivity index (χ4n) is 9.04. The lowest BCUT2D eigenvalue weighted by molar-refractivity contribution is -0.135. The SMILES string of the molecule is CCN(CC)NC(=O)c1cnn2c(NC)cc(Nc3cccn(-c4ccc(C(=O)N5CC6(CCN(c7cccc8c7n(C)c(=O)n8C7CCC(=O)NC7=O)CC6)C5)cn4)c3=O)nc12. The van der Waals surface area contributed by atoms with Crippen molar-refractivity contribution in [3.63, 3.8) is 0 Å². The molecule has 0 saturated carbocycles. The van der Waals surface area contributed by atoms with E-state index in [1.165, 1.54) is 26.0 Å². The Kier molecular flexibility index (Phi) is 10.5. The minimum absolute atomic E-state index is 0.0244. The summed E-state index contributed by atoms with van der Waals surface area (Å²) >= 11 is 0. The predicted molar refractivity (Wildman–Crippen MR) is 234 cm³/mol. The van der Waals surface area contributed by atoms with Gasteiger partial charge in [0.15, 0.2) is 5.65 Å². The molecule has 20 nitrogen and oxygen atoms in total. The Morgan fingerprint density at radius 1 is 0.984 bits per heavy atom. The molecule has 1 atom stereocenters. The number of aromatic nitrogens is 7. The van der Waals surface area contributed by atoms with Crippen LogP contribution in [0.3, 0.4) is 0 Å². The van der Waals surface area contributed by atoms with Crippen LogP contribution in [0.2, 0.25) is 0 Å². The van der Waals surface area contributed by atoms with E-state index in [1.54, 1.807) is 60.2 Å². The monoisotopic (exact) mass is 856 g/mol. The van der Waals surface area contributed by atoms with E-state index in [0.717, 1.165) is 37.1 Å². The number of fused-ring (bicyclic) bond motifs is 2. The number of hydrogen-bond donors (Lipinski definition) is 4. The van der Waals surface area contributed by atoms with Crippen molar-refractivity contribution in [1.82, 2.24) is 53.9 Å². The number of amides is 4. The van der Waals surface area contributed by atoms with Gasteiger partial charge in [0, 0.05) is 83.7 Å². The number of nitrogens with one attached hydrogen (secondary N) is 4. The van der Waals surface area contributed by atoms with Crippen molar-refractivity contribution in [2.45, 2.75) is 45.6 Å². The largest absolute Gasteiger partial charge is 0.373 e. The molecule has 3 fully saturated rings. The molecule has 63 heavy (non-hydrogen) atoms. The third-order valence-electron chi connectivity index (χ3n) is 12.6. The van der Waals surface area contributed by atoms with Gasteiger partial charge in [-0.05, 0) is 55.7 Å². The first-order chi connectivity index (χ1) is 30.4. The normalized spacial score (nSPS) is 17.3. The lowest BCUT2D eigenvalue weighted by atomic mass is 9.71. The average molecular weight is 857 g/mol. The van der Waals surface area contributed by atoms with Crippen LogP contribution in [0.5, 0.6) is 0 Å². The second-order valence-corrected chi connectivity index (χ2v) is 16.3. The third-order valence-corrected chi connectivity index (χ3v) is 12.6. The van der Waals surface area contributed by atoms with Crippen molar-refractivity contribution in [1.29, 1.82) is 0 Å². The van der Waals surface area contributed by atoms with E-state index in [0.29, 0.717) is 60.4 Å². The van der Waals surface area contributed by atoms with E-state index in [-0.39, 0.29) is 52.9 Å². The fraction of sp³-hybridized carbons (Fsp3) is 0.372. The van der Waals surface area contributed by atoms with E-state index in [1.807, 2.05) is 36.9 Å². The smallest absolute Gasteiger partial charge is 0.329 e. The number of piperidine rings is 2. The molecule has 0 radical (unpaired) electrons. The second kappa shape index (κ2) is 16.2. The Balaban J connectivity index is 0.852. The summed E-state index contributed by atoms with van der Waals surface area (Å²) < 4.78 is 5.99. The van der Waals surface area contributed by atoms with Crippen molar-refractivity contribution >= 4 is 63.3 Å². The van der Waals surface area contributed by atoms with Crippen molar-refractivity contribution in [3.8, 4) is 5.82 Å². The number of para-hydroxylation sites is 1. The lowest BCUT2D eigenvalue weighted by Gasteiger charge is -2.54. The van der Waals surface area contributed by atoms with Crippen LogP contribution in [0.25, 0.3) is 22.5 Å². The van der Waals surface area contributed by atoms with Crippen LogP contribution in [0.4, 0.5) is 23.0 Å². The molecule has 5 aromatic heterocycles. The predicted octanol–water partition coefficient (Wildman–Crippen LogP) is 2.42. The molecule has 3 aliphatic heterocycles. The number of hydrazine groups is 1. The maximum atomic E-state index is 13.8. The summed E-state index contributed by atoms with van der Waals surface area (Å²) in [5.41, 5.74) is 5.66. The summed E-state index contributed by atoms with van der Waals surface area (Å²) in [6.45, 7) is 7.82. The molecule has 326 valence electrons. The lowest BCUT2D eigenvalue weighted by Crippen LogP contribution is -2.62. The summed E-state index contributed by atoms with van der Waals surface area (Å²) in [7, 11) is 3.43. The molecular formula is C43H48N14O6. The van der Waals surface area contributed by atoms with Crippen molar-refractivity contribution in [2.24, 2.45) is 12.5 Å². The molecule has 20 heteroatoms. The Hall–Kier alpha value is -7.35. The Labute approximate surface area is 360 Å². The highest BCUT2D eigenvalue weighted by Crippen LogP contribution is 2.43. The van der Waals surface area contributed by atoms with Crippen LogP contribution in [-0.4, -0.2) is 113 Å². The third kappa shape index (κ3) is 7.24. The Morgan fingerprint density at radius 2 is 1.76 bits per heavy atom. The van der Waals surface area contributed by atoms with Crippen molar-refractivity contribution in [2.75, 3.05) is 61.8 Å². The summed E-state index contributed by atoms with van der Waals surface area (Å²) in [4.78, 5) is 91.8. The van der Waals surface area contributed by atoms with E-state index in [4.69, 9.17) is 0 Å². The molecule has 0 bridgehead atoms. The number of pyridine rings is 2. The maximum Gasteiger partial charge on any atom is 0.329 e. The number of aryl methyl sites for hydroxylation is 1. The molecule has 1 unspecified atom stereocenters. The minimum atomic E-state index is -0.753. The van der Waals surface area contributed by atoms with Gasteiger partial charge in [-0.2, -0.15) is 9.61 Å². The quantitative estimate of drug-likeness (QED) is 0.109. The number of anilines is 4. The first-order valence-electron chi connectivity index (χ1n) is 21.1. The van der Waals surface area contributed by atoms with Gasteiger partial charge in [0.1, 0.15) is 34.7 Å². The average Bonchev–Trinajstić information content (AvgIpc) is 3.83. The van der Waals surface area contributed by atoms with E-state index in [9.17, 15) is 28.8 Å². The molecule has 9 rings (SSSR count). The van der Waals surface area contributed by atoms with Crippen LogP contribution in [0.15, 0.2) is 76.7 Å². The molecule has 0 aliphatic carbocycles. The fourth-order valence-corrected chi connectivity index (χ4v) is 9.04. The van der Waals surface area contributed by atoms with E-state index >= 15 is 0 Å². The zero-order valence-corrected chi connectivity index (χ0v) is 35.4. The van der Waals surface area contributed by atoms with Crippen LogP contribution in [0, 0.1) is 5.41 Å². The number of rotatable bonds is 11. The molecule has 1 aromatic carbocycles. The molecule has 3 saturated heterocycles. The minimum Gasteiger partial charge on any atom is -0.373 e. The molecule has 1 spiro atoms. The molecule has 3 aliphatic rings. The van der Waals surface area contributed by atoms with Gasteiger partial charge in [-0.15, -0.1) is 0 Å². The first kappa shape index (κ1) is 41.0. The van der Waals surface area contributed by atoms with Gasteiger partial charge >= 0.3 is 5.69 Å². The van der Waals surface area contributed by atoms with Gasteiger partial charge in [0.2, 0.25) is 11.8 Å². The molecule has 4 N–H and O–H groups in total. The topological polar surface area (TPSA) is 218 Å². The van der Waals surface area contributed by atoms with Gasteiger partial charge < -0.3 is 20.4 Å². The highest BCUT2D eigenvalue weighted by molar-refractivity contribution is 6.01. The van der Waals surface area contributed by atoms with E-state index in [2.05, 4.69) is 41.3 Å². The van der Waals surface area contributed by atoms with E-state index < -0.39 is 17.5 Å². The Morgan fingerprint density at radius 3 is 2.46 bits per heavy atom. The highest BCUT2D eigenvalue weighted by atomic mass is 16.2. The summed E-state index contributed by atoms with van der Waals surface area (Å²) in [6, 6.07) is 13.3. The van der Waals surface area contributed by atoms with Crippen LogP contribution >= 0.6 is 0 Å². The number of benzene rings is 1. The molecule has 4 amide bonds. The first-order valence-corrected chi connectivity index (χ1v) is 21.1. The van der Waals surface area contributed by atoms with Gasteiger partial charge in [-0.25, -0.2) is 19.8 Å². The Bertz CT molecular complexity index is 2910. The maximum absolute atomic E-state index is 13.8. The molecular weight excluding hydrogens is 809 g/mol. The summed E-state index contributed by atoms with van der Waals surface area (Å²) in [6.07, 6.45) is 6.70. The molecule has 6 aromatic rings. The summed E-state index contributed by atoms with van der Waals surface area (Å²) in [5, 5.41) is 14.7. The number of nitrogens with zero attached hydrogens (tertiary/aromatic N) is 10. The number of carbonyl (C=O) groups is 4. The number of imidazole rings is 1. The van der Waals surface area contributed by atoms with Gasteiger partial charge in [-0.1, -0.05) is 19.9 Å². The van der Waals surface area contributed by atoms with Crippen LogP contribution in [0.1, 0.15) is 66.3 Å². The van der Waals surface area contributed by atoms with Crippen molar-refractivity contribution < 1.29 is 19.2 Å². The van der Waals surface area contributed by atoms with Crippen molar-refractivity contribution in [3.05, 3.63) is 99.1 Å². The zero-order chi connectivity index (χ0) is 44.2.